The Morgan fingerprint density at radius 3 is 2.63 bits per heavy atom. The summed E-state index contributed by atoms with van der Waals surface area (Å²) in [5.41, 5.74) is 3.25. The van der Waals surface area contributed by atoms with Gasteiger partial charge in [0.1, 0.15) is 11.4 Å². The van der Waals surface area contributed by atoms with Crippen molar-refractivity contribution < 1.29 is 5.11 Å². The van der Waals surface area contributed by atoms with E-state index in [0.717, 1.165) is 16.8 Å². The molecule has 0 aliphatic rings. The summed E-state index contributed by atoms with van der Waals surface area (Å²) >= 11 is 0. The molecule has 0 unspecified atom stereocenters. The van der Waals surface area contributed by atoms with Crippen molar-refractivity contribution in [3.63, 3.8) is 0 Å². The highest BCUT2D eigenvalue weighted by Crippen LogP contribution is 2.25. The van der Waals surface area contributed by atoms with E-state index in [9.17, 15) is 5.11 Å². The molecule has 1 heterocycles. The first-order valence-electron chi connectivity index (χ1n) is 6.11. The number of phenolic OH excluding ortho intramolecular Hbond substituents is 1. The van der Waals surface area contributed by atoms with Crippen molar-refractivity contribution in [2.75, 3.05) is 0 Å². The fourth-order valence-electron chi connectivity index (χ4n) is 1.82. The second-order valence-electron chi connectivity index (χ2n) is 4.49. The molecule has 1 N–H and O–H groups in total. The minimum Gasteiger partial charge on any atom is -0.505 e. The normalized spacial score (nSPS) is 10.1. The first kappa shape index (κ1) is 13.1. The zero-order valence-corrected chi connectivity index (χ0v) is 11.3. The van der Waals surface area contributed by atoms with Crippen LogP contribution in [-0.2, 0) is 0 Å². The molecule has 0 saturated carbocycles. The number of aryl methyl sites for hydroxylation is 3. The molecule has 0 spiro atoms. The van der Waals surface area contributed by atoms with E-state index < -0.39 is 0 Å². The predicted molar refractivity (Wildman–Crippen MR) is 74.9 cm³/mol. The van der Waals surface area contributed by atoms with Gasteiger partial charge >= 0.3 is 0 Å². The summed E-state index contributed by atoms with van der Waals surface area (Å²) < 4.78 is 0. The van der Waals surface area contributed by atoms with E-state index in [1.807, 2.05) is 57.2 Å². The number of hydrogen-bond acceptors (Lipinski definition) is 3. The Bertz CT molecular complexity index is 646. The second kappa shape index (κ2) is 5.52. The molecule has 19 heavy (non-hydrogen) atoms. The summed E-state index contributed by atoms with van der Waals surface area (Å²) in [4.78, 5) is 1.45. The van der Waals surface area contributed by atoms with E-state index in [1.165, 1.54) is 4.80 Å². The van der Waals surface area contributed by atoms with Crippen LogP contribution >= 0.6 is 0 Å². The maximum Gasteiger partial charge on any atom is 0.146 e. The Kier molecular flexibility index (Phi) is 3.80. The Balaban J connectivity index is 2.72. The molecule has 0 radical (unpaired) electrons. The molecule has 1 aromatic carbocycles. The molecule has 0 bridgehead atoms. The van der Waals surface area contributed by atoms with E-state index in [4.69, 9.17) is 0 Å². The van der Waals surface area contributed by atoms with Gasteiger partial charge in [-0.25, -0.2) is 0 Å². The minimum absolute atomic E-state index is 0.200. The third kappa shape index (κ3) is 3.10. The Labute approximate surface area is 112 Å². The number of nitrogens with zero attached hydrogens (tertiary/aromatic N) is 3. The van der Waals surface area contributed by atoms with Crippen LogP contribution in [0, 0.1) is 20.8 Å². The van der Waals surface area contributed by atoms with Crippen LogP contribution in [0.5, 0.6) is 5.75 Å². The zero-order chi connectivity index (χ0) is 13.8. The fourth-order valence-corrected chi connectivity index (χ4v) is 1.82. The van der Waals surface area contributed by atoms with Crippen LogP contribution in [0.2, 0.25) is 0 Å². The highest BCUT2D eigenvalue weighted by Gasteiger charge is 2.07. The SMILES string of the molecule is Cc1cc(C)c(O)c(-n2ncccccc(C)n2)c1. The third-order valence-corrected chi connectivity index (χ3v) is 2.71. The molecule has 2 aromatic rings. The zero-order valence-electron chi connectivity index (χ0n) is 11.3. The van der Waals surface area contributed by atoms with Gasteiger partial charge < -0.3 is 5.11 Å². The molecule has 0 aliphatic carbocycles. The van der Waals surface area contributed by atoms with Crippen molar-refractivity contribution in [2.24, 2.45) is 0 Å². The average molecular weight is 255 g/mol. The monoisotopic (exact) mass is 255 g/mol. The summed E-state index contributed by atoms with van der Waals surface area (Å²) in [6.07, 6.45) is 1.64. The highest BCUT2D eigenvalue weighted by molar-refractivity contribution is 5.51. The summed E-state index contributed by atoms with van der Waals surface area (Å²) in [7, 11) is 0. The average Bonchev–Trinajstić information content (AvgIpc) is 2.46. The van der Waals surface area contributed by atoms with E-state index in [0.29, 0.717) is 5.69 Å². The summed E-state index contributed by atoms with van der Waals surface area (Å²) in [5.74, 6) is 0.200. The lowest BCUT2D eigenvalue weighted by molar-refractivity contribution is 0.462. The van der Waals surface area contributed by atoms with Crippen LogP contribution < -0.4 is 0 Å². The van der Waals surface area contributed by atoms with Crippen molar-refractivity contribution in [3.05, 3.63) is 59.4 Å². The number of hydrogen-bond donors (Lipinski definition) is 1. The lowest BCUT2D eigenvalue weighted by Gasteiger charge is -2.09. The Hall–Kier alpha value is -2.36. The van der Waals surface area contributed by atoms with E-state index in [2.05, 4.69) is 10.2 Å². The predicted octanol–water partition coefficient (Wildman–Crippen LogP) is 3.02. The van der Waals surface area contributed by atoms with Gasteiger partial charge in [0.25, 0.3) is 0 Å². The molecular weight excluding hydrogens is 238 g/mol. The van der Waals surface area contributed by atoms with Gasteiger partial charge in [0.2, 0.25) is 0 Å². The van der Waals surface area contributed by atoms with E-state index >= 15 is 0 Å². The number of rotatable bonds is 1. The number of benzene rings is 1. The van der Waals surface area contributed by atoms with Gasteiger partial charge in [-0.15, -0.1) is 4.80 Å². The van der Waals surface area contributed by atoms with Crippen molar-refractivity contribution >= 4 is 0 Å². The maximum absolute atomic E-state index is 10.2. The molecule has 0 amide bonds. The highest BCUT2D eigenvalue weighted by atomic mass is 16.3. The van der Waals surface area contributed by atoms with Crippen molar-refractivity contribution in [2.45, 2.75) is 20.8 Å². The topological polar surface area (TPSA) is 50.9 Å². The first-order chi connectivity index (χ1) is 9.08. The smallest absolute Gasteiger partial charge is 0.146 e. The molecule has 2 rings (SSSR count). The quantitative estimate of drug-likeness (QED) is 0.852. The molecule has 0 atom stereocenters. The van der Waals surface area contributed by atoms with Gasteiger partial charge in [-0.05, 0) is 50.1 Å². The molecule has 0 aliphatic heterocycles. The van der Waals surface area contributed by atoms with Crippen molar-refractivity contribution in [1.29, 1.82) is 0 Å². The lowest BCUT2D eigenvalue weighted by atomic mass is 10.1. The summed E-state index contributed by atoms with van der Waals surface area (Å²) in [5, 5.41) is 18.8. The molecule has 0 saturated heterocycles. The first-order valence-corrected chi connectivity index (χ1v) is 6.11. The van der Waals surface area contributed by atoms with Crippen LogP contribution in [0.1, 0.15) is 16.8 Å². The maximum atomic E-state index is 10.2. The minimum atomic E-state index is 0.200. The van der Waals surface area contributed by atoms with Gasteiger partial charge in [-0.3, -0.25) is 0 Å². The number of aromatic nitrogens is 3. The fraction of sp³-hybridized carbons (Fsp3) is 0.200. The van der Waals surface area contributed by atoms with Crippen LogP contribution in [0.4, 0.5) is 0 Å². The summed E-state index contributed by atoms with van der Waals surface area (Å²) in [6.45, 7) is 5.73. The van der Waals surface area contributed by atoms with Gasteiger partial charge in [-0.2, -0.15) is 10.2 Å². The van der Waals surface area contributed by atoms with Crippen LogP contribution in [0.25, 0.3) is 5.69 Å². The molecule has 4 heteroatoms. The largest absolute Gasteiger partial charge is 0.505 e. The Morgan fingerprint density at radius 1 is 1.05 bits per heavy atom. The lowest BCUT2D eigenvalue weighted by Crippen LogP contribution is -2.05. The third-order valence-electron chi connectivity index (χ3n) is 2.71. The van der Waals surface area contributed by atoms with Gasteiger partial charge in [0.15, 0.2) is 0 Å². The van der Waals surface area contributed by atoms with Gasteiger partial charge in [-0.1, -0.05) is 18.2 Å². The van der Waals surface area contributed by atoms with Crippen LogP contribution in [-0.4, -0.2) is 20.1 Å². The Morgan fingerprint density at radius 2 is 1.84 bits per heavy atom. The van der Waals surface area contributed by atoms with Gasteiger partial charge in [0.05, 0.1) is 5.69 Å². The van der Waals surface area contributed by atoms with Crippen LogP contribution in [0.3, 0.4) is 0 Å². The van der Waals surface area contributed by atoms with Crippen LogP contribution in [0.15, 0.2) is 42.6 Å². The number of aromatic hydroxyl groups is 1. The molecule has 98 valence electrons. The van der Waals surface area contributed by atoms with Gasteiger partial charge in [0, 0.05) is 6.20 Å². The number of phenols is 1. The van der Waals surface area contributed by atoms with E-state index in [1.54, 1.807) is 6.20 Å². The van der Waals surface area contributed by atoms with Crippen molar-refractivity contribution in [3.8, 4) is 11.4 Å². The molecule has 0 fully saturated rings. The van der Waals surface area contributed by atoms with Crippen molar-refractivity contribution in [1.82, 2.24) is 15.0 Å². The van der Waals surface area contributed by atoms with E-state index in [-0.39, 0.29) is 5.75 Å². The molecule has 4 nitrogen and oxygen atoms in total. The standard InChI is InChI=1S/C15H17N3O/c1-11-9-12(2)15(19)14(10-11)18-16-8-6-4-5-7-13(3)17-18/h4-10,19H,1-3H3. The second-order valence-corrected chi connectivity index (χ2v) is 4.49. The molecular formula is C15H17N3O. The summed E-state index contributed by atoms with van der Waals surface area (Å²) in [6, 6.07) is 11.3. The molecule has 1 aromatic heterocycles.